The van der Waals surface area contributed by atoms with E-state index in [4.69, 9.17) is 4.74 Å². The van der Waals surface area contributed by atoms with Gasteiger partial charge >= 0.3 is 12.1 Å². The molecular weight excluding hydrogens is 258 g/mol. The first-order chi connectivity index (χ1) is 9.58. The molecule has 0 aliphatic heterocycles. The van der Waals surface area contributed by atoms with Crippen LogP contribution in [0.15, 0.2) is 43.0 Å². The van der Waals surface area contributed by atoms with Crippen LogP contribution in [0.5, 0.6) is 0 Å². The third-order valence-corrected chi connectivity index (χ3v) is 2.84. The molecule has 0 fully saturated rings. The molecule has 20 heavy (non-hydrogen) atoms. The second kappa shape index (κ2) is 7.99. The van der Waals surface area contributed by atoms with Gasteiger partial charge in [0.1, 0.15) is 12.6 Å². The molecule has 0 radical (unpaired) electrons. The molecule has 2 unspecified atom stereocenters. The normalized spacial score (nSPS) is 12.9. The minimum atomic E-state index is -0.805. The van der Waals surface area contributed by atoms with Gasteiger partial charge in [-0.2, -0.15) is 0 Å². The van der Waals surface area contributed by atoms with Gasteiger partial charge in [-0.3, -0.25) is 0 Å². The van der Waals surface area contributed by atoms with Gasteiger partial charge < -0.3 is 14.8 Å². The maximum atomic E-state index is 11.7. The predicted molar refractivity (Wildman–Crippen MR) is 74.9 cm³/mol. The molecule has 1 aromatic rings. The molecule has 1 amide bonds. The van der Waals surface area contributed by atoms with Crippen LogP contribution in [-0.2, 0) is 20.9 Å². The van der Waals surface area contributed by atoms with Crippen molar-refractivity contribution in [3.05, 3.63) is 48.6 Å². The number of ether oxygens (including phenoxy) is 2. The van der Waals surface area contributed by atoms with Crippen LogP contribution in [0.2, 0.25) is 0 Å². The second-order valence-electron chi connectivity index (χ2n) is 4.30. The van der Waals surface area contributed by atoms with Crippen LogP contribution in [0.4, 0.5) is 4.79 Å². The Balaban J connectivity index is 2.54. The summed E-state index contributed by atoms with van der Waals surface area (Å²) in [6.07, 6.45) is 0.900. The van der Waals surface area contributed by atoms with Crippen LogP contribution in [-0.4, -0.2) is 25.2 Å². The fourth-order valence-corrected chi connectivity index (χ4v) is 1.56. The molecule has 0 heterocycles. The van der Waals surface area contributed by atoms with E-state index in [0.29, 0.717) is 0 Å². The molecule has 5 nitrogen and oxygen atoms in total. The van der Waals surface area contributed by atoms with Crippen LogP contribution in [0.3, 0.4) is 0 Å². The van der Waals surface area contributed by atoms with E-state index >= 15 is 0 Å². The van der Waals surface area contributed by atoms with Crippen molar-refractivity contribution in [2.75, 3.05) is 7.11 Å². The molecule has 108 valence electrons. The molecule has 0 aliphatic carbocycles. The monoisotopic (exact) mass is 277 g/mol. The molecule has 0 aromatic heterocycles. The molecule has 0 aliphatic rings. The quantitative estimate of drug-likeness (QED) is 0.640. The zero-order valence-corrected chi connectivity index (χ0v) is 11.7. The highest BCUT2D eigenvalue weighted by molar-refractivity contribution is 5.81. The van der Waals surface area contributed by atoms with Crippen molar-refractivity contribution in [3.63, 3.8) is 0 Å². The molecule has 0 saturated heterocycles. The average molecular weight is 277 g/mol. The second-order valence-corrected chi connectivity index (χ2v) is 4.30. The van der Waals surface area contributed by atoms with Gasteiger partial charge in [-0.1, -0.05) is 43.3 Å². The van der Waals surface area contributed by atoms with Crippen molar-refractivity contribution >= 4 is 12.1 Å². The molecule has 1 rings (SSSR count). The number of methoxy groups -OCH3 is 1. The molecular formula is C15H19NO4. The maximum absolute atomic E-state index is 11.7. The lowest BCUT2D eigenvalue weighted by atomic mass is 10.0. The first kappa shape index (κ1) is 15.8. The number of hydrogen-bond acceptors (Lipinski definition) is 4. The number of carbonyl (C=O) groups is 2. The standard InChI is InChI=1S/C15H19NO4/c1-4-11(2)13(14(17)19-3)16-15(18)20-10-12-8-6-5-7-9-12/h4-9,11,13H,1,10H2,2-3H3,(H,16,18). The van der Waals surface area contributed by atoms with E-state index in [1.165, 1.54) is 7.11 Å². The van der Waals surface area contributed by atoms with E-state index in [0.717, 1.165) is 5.56 Å². The van der Waals surface area contributed by atoms with E-state index in [-0.39, 0.29) is 12.5 Å². The average Bonchev–Trinajstić information content (AvgIpc) is 2.50. The van der Waals surface area contributed by atoms with Crippen molar-refractivity contribution in [1.29, 1.82) is 0 Å². The lowest BCUT2D eigenvalue weighted by Crippen LogP contribution is -2.45. The van der Waals surface area contributed by atoms with E-state index in [9.17, 15) is 9.59 Å². The summed E-state index contributed by atoms with van der Waals surface area (Å²) in [7, 11) is 1.27. The van der Waals surface area contributed by atoms with E-state index < -0.39 is 18.1 Å². The van der Waals surface area contributed by atoms with Gasteiger partial charge in [0.25, 0.3) is 0 Å². The molecule has 0 spiro atoms. The number of hydrogen-bond donors (Lipinski definition) is 1. The Labute approximate surface area is 118 Å². The number of benzene rings is 1. The van der Waals surface area contributed by atoms with E-state index in [1.807, 2.05) is 30.3 Å². The first-order valence-electron chi connectivity index (χ1n) is 6.26. The number of rotatable bonds is 6. The largest absolute Gasteiger partial charge is 0.467 e. The fraction of sp³-hybridized carbons (Fsp3) is 0.333. The fourth-order valence-electron chi connectivity index (χ4n) is 1.56. The summed E-state index contributed by atoms with van der Waals surface area (Å²) in [5, 5.41) is 2.48. The van der Waals surface area contributed by atoms with Gasteiger partial charge in [0.15, 0.2) is 0 Å². The Morgan fingerprint density at radius 2 is 2.00 bits per heavy atom. The summed E-state index contributed by atoms with van der Waals surface area (Å²) < 4.78 is 9.70. The lowest BCUT2D eigenvalue weighted by molar-refractivity contribution is -0.143. The highest BCUT2D eigenvalue weighted by atomic mass is 16.6. The van der Waals surface area contributed by atoms with Crippen molar-refractivity contribution in [2.45, 2.75) is 19.6 Å². The van der Waals surface area contributed by atoms with Crippen LogP contribution in [0, 0.1) is 5.92 Å². The van der Waals surface area contributed by atoms with Crippen molar-refractivity contribution in [1.82, 2.24) is 5.32 Å². The molecule has 1 aromatic carbocycles. The van der Waals surface area contributed by atoms with Gasteiger partial charge in [0.05, 0.1) is 7.11 Å². The summed E-state index contributed by atoms with van der Waals surface area (Å²) in [5.41, 5.74) is 0.869. The Morgan fingerprint density at radius 1 is 1.35 bits per heavy atom. The molecule has 1 N–H and O–H groups in total. The maximum Gasteiger partial charge on any atom is 0.408 e. The van der Waals surface area contributed by atoms with Gasteiger partial charge in [-0.05, 0) is 5.56 Å². The van der Waals surface area contributed by atoms with Crippen molar-refractivity contribution in [2.24, 2.45) is 5.92 Å². The number of alkyl carbamates (subject to hydrolysis) is 1. The Hall–Kier alpha value is -2.30. The molecule has 0 saturated carbocycles. The van der Waals surface area contributed by atoms with E-state index in [2.05, 4.69) is 16.6 Å². The number of esters is 1. The Kier molecular flexibility index (Phi) is 6.29. The van der Waals surface area contributed by atoms with Crippen LogP contribution >= 0.6 is 0 Å². The molecule has 5 heteroatoms. The zero-order chi connectivity index (χ0) is 15.0. The van der Waals surface area contributed by atoms with Crippen molar-refractivity contribution < 1.29 is 19.1 Å². The summed E-state index contributed by atoms with van der Waals surface area (Å²) in [6.45, 7) is 5.50. The van der Waals surface area contributed by atoms with Gasteiger partial charge in [-0.25, -0.2) is 9.59 Å². The highest BCUT2D eigenvalue weighted by Gasteiger charge is 2.26. The minimum Gasteiger partial charge on any atom is -0.467 e. The van der Waals surface area contributed by atoms with Crippen LogP contribution < -0.4 is 5.32 Å². The predicted octanol–water partition coefficient (Wildman–Crippen LogP) is 2.28. The number of nitrogens with one attached hydrogen (secondary N) is 1. The summed E-state index contributed by atoms with van der Waals surface area (Å²) in [4.78, 5) is 23.3. The SMILES string of the molecule is C=CC(C)C(NC(=O)OCc1ccccc1)C(=O)OC. The van der Waals surface area contributed by atoms with Crippen molar-refractivity contribution in [3.8, 4) is 0 Å². The topological polar surface area (TPSA) is 64.6 Å². The van der Waals surface area contributed by atoms with Gasteiger partial charge in [0, 0.05) is 5.92 Å². The Bertz CT molecular complexity index is 458. The third-order valence-electron chi connectivity index (χ3n) is 2.84. The Morgan fingerprint density at radius 3 is 2.55 bits per heavy atom. The minimum absolute atomic E-state index is 0.142. The third kappa shape index (κ3) is 4.76. The van der Waals surface area contributed by atoms with Crippen LogP contribution in [0.25, 0.3) is 0 Å². The number of amides is 1. The first-order valence-corrected chi connectivity index (χ1v) is 6.26. The lowest BCUT2D eigenvalue weighted by Gasteiger charge is -2.20. The smallest absolute Gasteiger partial charge is 0.408 e. The summed E-state index contributed by atoms with van der Waals surface area (Å²) in [6, 6.07) is 8.47. The van der Waals surface area contributed by atoms with Crippen LogP contribution in [0.1, 0.15) is 12.5 Å². The molecule has 2 atom stereocenters. The molecule has 0 bridgehead atoms. The van der Waals surface area contributed by atoms with Gasteiger partial charge in [-0.15, -0.1) is 6.58 Å². The zero-order valence-electron chi connectivity index (χ0n) is 11.7. The summed E-state index contributed by atoms with van der Waals surface area (Å²) in [5.74, 6) is -0.791. The highest BCUT2D eigenvalue weighted by Crippen LogP contribution is 2.07. The van der Waals surface area contributed by atoms with E-state index in [1.54, 1.807) is 13.0 Å². The van der Waals surface area contributed by atoms with Gasteiger partial charge in [0.2, 0.25) is 0 Å². The summed E-state index contributed by atoms with van der Waals surface area (Å²) >= 11 is 0. The number of carbonyl (C=O) groups excluding carboxylic acids is 2.